The molecule has 9 heteroatoms. The van der Waals surface area contributed by atoms with Gasteiger partial charge in [-0.3, -0.25) is 0 Å². The monoisotopic (exact) mass is 514 g/mol. The maximum atomic E-state index is 12.6. The minimum atomic E-state index is -1.35. The number of rotatable bonds is 11. The van der Waals surface area contributed by atoms with Crippen LogP contribution < -0.4 is 9.46 Å². The van der Waals surface area contributed by atoms with Crippen molar-refractivity contribution in [2.45, 2.75) is 96.0 Å². The predicted molar refractivity (Wildman–Crippen MR) is 141 cm³/mol. The first kappa shape index (κ1) is 29.1. The van der Waals surface area contributed by atoms with E-state index in [2.05, 4.69) is 21.3 Å². The molecular formula is C25H42N2O5S2. The van der Waals surface area contributed by atoms with Gasteiger partial charge >= 0.3 is 0 Å². The highest BCUT2D eigenvalue weighted by molar-refractivity contribution is 7.85. The van der Waals surface area contributed by atoms with E-state index in [9.17, 15) is 8.42 Å². The van der Waals surface area contributed by atoms with Gasteiger partial charge in [0.2, 0.25) is 0 Å². The molecule has 0 spiro atoms. The van der Waals surface area contributed by atoms with Crippen molar-refractivity contribution in [1.29, 1.82) is 0 Å². The summed E-state index contributed by atoms with van der Waals surface area (Å²) in [5, 5.41) is 0. The van der Waals surface area contributed by atoms with Crippen LogP contribution in [0.15, 0.2) is 28.7 Å². The van der Waals surface area contributed by atoms with E-state index in [-0.39, 0.29) is 10.9 Å². The number of nitrogens with zero attached hydrogens (tertiary/aromatic N) is 1. The molecule has 0 aliphatic carbocycles. The van der Waals surface area contributed by atoms with Crippen LogP contribution in [-0.4, -0.2) is 55.3 Å². The lowest BCUT2D eigenvalue weighted by Crippen LogP contribution is -2.36. The molecule has 1 N–H and O–H groups in total. The van der Waals surface area contributed by atoms with Gasteiger partial charge in [-0.1, -0.05) is 12.1 Å². The van der Waals surface area contributed by atoms with E-state index in [0.717, 1.165) is 24.3 Å². The minimum Gasteiger partial charge on any atom is -0.491 e. The second-order valence-corrected chi connectivity index (χ2v) is 14.9. The highest BCUT2D eigenvalue weighted by Crippen LogP contribution is 2.23. The van der Waals surface area contributed by atoms with Gasteiger partial charge in [-0.05, 0) is 92.3 Å². The van der Waals surface area contributed by atoms with E-state index < -0.39 is 32.5 Å². The number of nitrogens with one attached hydrogen (secondary N) is 1. The Balaban J connectivity index is 1.87. The van der Waals surface area contributed by atoms with Crippen LogP contribution in [0.4, 0.5) is 0 Å². The maximum absolute atomic E-state index is 12.6. The third-order valence-corrected chi connectivity index (χ3v) is 8.05. The molecule has 1 fully saturated rings. The first-order chi connectivity index (χ1) is 15.7. The molecule has 1 aromatic carbocycles. The van der Waals surface area contributed by atoms with Crippen LogP contribution >= 0.6 is 0 Å². The number of aryl methyl sites for hydroxylation is 1. The van der Waals surface area contributed by atoms with Crippen molar-refractivity contribution >= 4 is 27.7 Å². The highest BCUT2D eigenvalue weighted by Gasteiger charge is 2.33. The molecule has 1 aromatic rings. The first-order valence-corrected chi connectivity index (χ1v) is 14.1. The van der Waals surface area contributed by atoms with Crippen molar-refractivity contribution in [3.63, 3.8) is 0 Å². The van der Waals surface area contributed by atoms with Gasteiger partial charge in [-0.15, -0.1) is 0 Å². The largest absolute Gasteiger partial charge is 0.491 e. The molecule has 1 aliphatic heterocycles. The first-order valence-electron chi connectivity index (χ1n) is 11.8. The van der Waals surface area contributed by atoms with E-state index in [1.165, 1.54) is 5.56 Å². The van der Waals surface area contributed by atoms with Crippen molar-refractivity contribution in [1.82, 2.24) is 4.72 Å². The van der Waals surface area contributed by atoms with Crippen molar-refractivity contribution in [2.24, 2.45) is 4.40 Å². The van der Waals surface area contributed by atoms with Gasteiger partial charge in [0, 0.05) is 12.3 Å². The Morgan fingerprint density at radius 3 is 2.29 bits per heavy atom. The normalized spacial score (nSPS) is 20.8. The van der Waals surface area contributed by atoms with E-state index in [4.69, 9.17) is 14.2 Å². The summed E-state index contributed by atoms with van der Waals surface area (Å²) in [6, 6.07) is 8.05. The third kappa shape index (κ3) is 10.2. The van der Waals surface area contributed by atoms with E-state index >= 15 is 0 Å². The minimum absolute atomic E-state index is 0.0627. The molecule has 194 valence electrons. The molecule has 2 unspecified atom stereocenters. The SMILES string of the molecule is CC1(C)OC[C@@H](COc2ccc(CCCC(CNS(=O)C(C)(C)C)=NS(=O)C(C)(C)C)cc2)O1. The smallest absolute Gasteiger partial charge is 0.163 e. The van der Waals surface area contributed by atoms with Gasteiger partial charge in [0.05, 0.1) is 27.1 Å². The summed E-state index contributed by atoms with van der Waals surface area (Å²) in [7, 11) is -2.56. The lowest BCUT2D eigenvalue weighted by atomic mass is 10.1. The summed E-state index contributed by atoms with van der Waals surface area (Å²) in [5.41, 5.74) is 1.98. The van der Waals surface area contributed by atoms with Gasteiger partial charge in [0.15, 0.2) is 5.79 Å². The lowest BCUT2D eigenvalue weighted by Gasteiger charge is -2.19. The van der Waals surface area contributed by atoms with Gasteiger partial charge in [0.25, 0.3) is 0 Å². The fraction of sp³-hybridized carbons (Fsp3) is 0.720. The van der Waals surface area contributed by atoms with Crippen molar-refractivity contribution in [3.8, 4) is 5.75 Å². The number of ether oxygens (including phenoxy) is 3. The molecule has 34 heavy (non-hydrogen) atoms. The molecule has 7 nitrogen and oxygen atoms in total. The van der Waals surface area contributed by atoms with Crippen LogP contribution in [0, 0.1) is 0 Å². The molecule has 0 amide bonds. The third-order valence-electron chi connectivity index (χ3n) is 5.06. The molecule has 1 aliphatic rings. The topological polar surface area (TPSA) is 86.2 Å². The summed E-state index contributed by atoms with van der Waals surface area (Å²) in [6.07, 6.45) is 2.33. The van der Waals surface area contributed by atoms with E-state index in [0.29, 0.717) is 26.2 Å². The molecule has 0 bridgehead atoms. The average Bonchev–Trinajstić information content (AvgIpc) is 3.08. The summed E-state index contributed by atoms with van der Waals surface area (Å²) in [4.78, 5) is 0. The molecule has 1 saturated heterocycles. The number of hydrogen-bond acceptors (Lipinski definition) is 5. The second kappa shape index (κ2) is 12.2. The van der Waals surface area contributed by atoms with Crippen LogP contribution in [0.25, 0.3) is 0 Å². The van der Waals surface area contributed by atoms with Crippen LogP contribution in [-0.2, 0) is 37.9 Å². The molecular weight excluding hydrogens is 472 g/mol. The molecule has 1 heterocycles. The van der Waals surface area contributed by atoms with Gasteiger partial charge in [-0.2, -0.15) is 4.40 Å². The molecule has 0 saturated carbocycles. The molecule has 2 rings (SSSR count). The fourth-order valence-corrected chi connectivity index (χ4v) is 4.46. The molecule has 0 radical (unpaired) electrons. The van der Waals surface area contributed by atoms with Gasteiger partial charge in [0.1, 0.15) is 29.4 Å². The maximum Gasteiger partial charge on any atom is 0.163 e. The van der Waals surface area contributed by atoms with E-state index in [1.54, 1.807) is 0 Å². The molecule has 0 aromatic heterocycles. The Bertz CT molecular complexity index is 871. The Hall–Kier alpha value is -1.13. The highest BCUT2D eigenvalue weighted by atomic mass is 32.2. The Morgan fingerprint density at radius 2 is 1.76 bits per heavy atom. The number of hydrogen-bond donors (Lipinski definition) is 1. The Kier molecular flexibility index (Phi) is 10.5. The van der Waals surface area contributed by atoms with Crippen molar-refractivity contribution < 1.29 is 22.6 Å². The average molecular weight is 515 g/mol. The summed E-state index contributed by atoms with van der Waals surface area (Å²) in [6.45, 7) is 16.6. The predicted octanol–water partition coefficient (Wildman–Crippen LogP) is 4.49. The lowest BCUT2D eigenvalue weighted by molar-refractivity contribution is -0.141. The zero-order chi connectivity index (χ0) is 25.6. The second-order valence-electron chi connectivity index (χ2n) is 11.0. The Morgan fingerprint density at radius 1 is 1.12 bits per heavy atom. The summed E-state index contributed by atoms with van der Waals surface area (Å²) < 4.78 is 48.8. The number of benzene rings is 1. The van der Waals surface area contributed by atoms with Crippen LogP contribution in [0.5, 0.6) is 5.75 Å². The fourth-order valence-electron chi connectivity index (χ4n) is 3.07. The summed E-state index contributed by atoms with van der Waals surface area (Å²) in [5.74, 6) is 0.255. The quantitative estimate of drug-likeness (QED) is 0.440. The Labute approximate surface area is 210 Å². The molecule has 3 atom stereocenters. The summed E-state index contributed by atoms with van der Waals surface area (Å²) >= 11 is 0. The van der Waals surface area contributed by atoms with Gasteiger partial charge in [-0.25, -0.2) is 13.1 Å². The van der Waals surface area contributed by atoms with Gasteiger partial charge < -0.3 is 14.2 Å². The van der Waals surface area contributed by atoms with Crippen molar-refractivity contribution in [3.05, 3.63) is 29.8 Å². The van der Waals surface area contributed by atoms with E-state index in [1.807, 2.05) is 67.5 Å². The zero-order valence-electron chi connectivity index (χ0n) is 21.9. The zero-order valence-corrected chi connectivity index (χ0v) is 23.6. The standard InChI is InChI=1S/C25H42N2O5S2/c1-23(2,3)33(28)26-16-20(27-34(29)24(4,5)6)11-9-10-19-12-14-21(15-13-19)30-17-22-18-31-25(7,8)32-22/h12-15,22,26H,9-11,16-18H2,1-8H3/t22-,33?,34?/m1/s1. The van der Waals surface area contributed by atoms with Crippen LogP contribution in [0.1, 0.15) is 73.8 Å². The van der Waals surface area contributed by atoms with Crippen molar-refractivity contribution in [2.75, 3.05) is 19.8 Å². The van der Waals surface area contributed by atoms with Crippen LogP contribution in [0.3, 0.4) is 0 Å². The van der Waals surface area contributed by atoms with Crippen LogP contribution in [0.2, 0.25) is 0 Å².